The second-order valence-electron chi connectivity index (χ2n) is 8.84. The van der Waals surface area contributed by atoms with Gasteiger partial charge < -0.3 is 10.2 Å². The van der Waals surface area contributed by atoms with Crippen molar-refractivity contribution < 1.29 is 19.8 Å². The Bertz CT molecular complexity index is 1050. The van der Waals surface area contributed by atoms with E-state index in [-0.39, 0.29) is 30.7 Å². The Morgan fingerprint density at radius 1 is 0.867 bits per heavy atom. The summed E-state index contributed by atoms with van der Waals surface area (Å²) in [5.41, 5.74) is 10.2. The van der Waals surface area contributed by atoms with Crippen LogP contribution in [-0.2, 0) is 32.1 Å². The minimum absolute atomic E-state index is 0.0302. The van der Waals surface area contributed by atoms with Gasteiger partial charge in [0, 0.05) is 36.7 Å². The van der Waals surface area contributed by atoms with E-state index in [2.05, 4.69) is 19.1 Å². The fourth-order valence-corrected chi connectivity index (χ4v) is 5.70. The summed E-state index contributed by atoms with van der Waals surface area (Å²) in [6.07, 6.45) is 3.76. The van der Waals surface area contributed by atoms with Gasteiger partial charge in [0.2, 0.25) is 0 Å². The third kappa shape index (κ3) is 3.32. The number of aryl methyl sites for hydroxylation is 2. The molecule has 4 heteroatoms. The summed E-state index contributed by atoms with van der Waals surface area (Å²) in [7, 11) is 0. The first-order valence-corrected chi connectivity index (χ1v) is 10.9. The van der Waals surface area contributed by atoms with Crippen LogP contribution in [-0.4, -0.2) is 35.0 Å². The van der Waals surface area contributed by atoms with E-state index in [0.717, 1.165) is 68.5 Å². The smallest absolute Gasteiger partial charge is 0.167 e. The Kier molecular flexibility index (Phi) is 5.65. The molecule has 2 N–H and O–H groups in total. The molecule has 2 aliphatic rings. The summed E-state index contributed by atoms with van der Waals surface area (Å²) < 4.78 is 0. The average molecular weight is 407 g/mol. The van der Waals surface area contributed by atoms with Gasteiger partial charge in [-0.2, -0.15) is 0 Å². The van der Waals surface area contributed by atoms with E-state index in [1.807, 2.05) is 13.8 Å². The maximum atomic E-state index is 13.4. The van der Waals surface area contributed by atoms with Gasteiger partial charge in [0.25, 0.3) is 0 Å². The number of aliphatic hydroxyl groups excluding tert-OH is 2. The Hall–Kier alpha value is -2.30. The molecule has 0 bridgehead atoms. The molecule has 4 nitrogen and oxygen atoms in total. The third-order valence-electron chi connectivity index (χ3n) is 7.07. The van der Waals surface area contributed by atoms with Gasteiger partial charge in [0.15, 0.2) is 11.6 Å². The summed E-state index contributed by atoms with van der Waals surface area (Å²) in [6, 6.07) is 4.23. The number of hydrogen-bond acceptors (Lipinski definition) is 4. The standard InChI is InChI=1S/C26H30O4/c1-14-10-19-13-20(26(30)25(19)15(2)21(14)6-8-27)12-18-11-17-4-5-23(29)24(17)16(3)22(18)7-9-28/h10-11,20,27-28H,4-9,12-13H2,1-3H3. The molecule has 2 aromatic rings. The van der Waals surface area contributed by atoms with Crippen molar-refractivity contribution in [2.24, 2.45) is 5.92 Å². The maximum absolute atomic E-state index is 13.4. The van der Waals surface area contributed by atoms with Crippen molar-refractivity contribution in [3.8, 4) is 0 Å². The van der Waals surface area contributed by atoms with Gasteiger partial charge >= 0.3 is 0 Å². The second kappa shape index (κ2) is 8.09. The lowest BCUT2D eigenvalue weighted by atomic mass is 9.86. The minimum atomic E-state index is -0.116. The van der Waals surface area contributed by atoms with Crippen LogP contribution in [0.25, 0.3) is 0 Å². The monoisotopic (exact) mass is 406 g/mol. The van der Waals surface area contributed by atoms with E-state index in [1.54, 1.807) is 0 Å². The number of benzene rings is 2. The lowest BCUT2D eigenvalue weighted by Gasteiger charge is -2.18. The van der Waals surface area contributed by atoms with E-state index >= 15 is 0 Å². The molecule has 0 amide bonds. The van der Waals surface area contributed by atoms with E-state index < -0.39 is 0 Å². The van der Waals surface area contributed by atoms with Crippen LogP contribution in [0.15, 0.2) is 12.1 Å². The van der Waals surface area contributed by atoms with Crippen molar-refractivity contribution in [3.05, 3.63) is 67.8 Å². The lowest BCUT2D eigenvalue weighted by molar-refractivity contribution is 0.0934. The van der Waals surface area contributed by atoms with Crippen molar-refractivity contribution in [1.82, 2.24) is 0 Å². The van der Waals surface area contributed by atoms with E-state index in [1.165, 1.54) is 0 Å². The highest BCUT2D eigenvalue weighted by Gasteiger charge is 2.34. The molecular weight excluding hydrogens is 376 g/mol. The van der Waals surface area contributed by atoms with Gasteiger partial charge in [-0.25, -0.2) is 0 Å². The van der Waals surface area contributed by atoms with Crippen LogP contribution < -0.4 is 0 Å². The highest BCUT2D eigenvalue weighted by molar-refractivity contribution is 6.04. The molecule has 4 rings (SSSR count). The molecule has 2 aromatic carbocycles. The predicted molar refractivity (Wildman–Crippen MR) is 117 cm³/mol. The number of aliphatic hydroxyl groups is 2. The highest BCUT2D eigenvalue weighted by Crippen LogP contribution is 2.37. The first-order chi connectivity index (χ1) is 14.4. The van der Waals surface area contributed by atoms with Gasteiger partial charge in [-0.05, 0) is 97.4 Å². The van der Waals surface area contributed by atoms with Crippen LogP contribution in [0.4, 0.5) is 0 Å². The number of fused-ring (bicyclic) bond motifs is 2. The summed E-state index contributed by atoms with van der Waals surface area (Å²) in [5, 5.41) is 19.0. The van der Waals surface area contributed by atoms with Gasteiger partial charge in [0.05, 0.1) is 0 Å². The minimum Gasteiger partial charge on any atom is -0.396 e. The molecule has 0 saturated carbocycles. The predicted octanol–water partition coefficient (Wildman–Crippen LogP) is 3.41. The molecule has 1 atom stereocenters. The average Bonchev–Trinajstić information content (AvgIpc) is 3.22. The molecule has 0 spiro atoms. The van der Waals surface area contributed by atoms with Crippen molar-refractivity contribution in [2.45, 2.75) is 59.3 Å². The first kappa shape index (κ1) is 21.0. The summed E-state index contributed by atoms with van der Waals surface area (Å²) in [6.45, 7) is 6.14. The van der Waals surface area contributed by atoms with Crippen molar-refractivity contribution >= 4 is 11.6 Å². The zero-order chi connectivity index (χ0) is 21.6. The number of carbonyl (C=O) groups is 2. The molecule has 30 heavy (non-hydrogen) atoms. The number of carbonyl (C=O) groups excluding carboxylic acids is 2. The Balaban J connectivity index is 1.70. The zero-order valence-electron chi connectivity index (χ0n) is 18.1. The zero-order valence-corrected chi connectivity index (χ0v) is 18.1. The van der Waals surface area contributed by atoms with Gasteiger partial charge in [-0.15, -0.1) is 0 Å². The quantitative estimate of drug-likeness (QED) is 0.771. The molecule has 0 aromatic heterocycles. The fraction of sp³-hybridized carbons (Fsp3) is 0.462. The molecule has 158 valence electrons. The van der Waals surface area contributed by atoms with Gasteiger partial charge in [-0.1, -0.05) is 12.1 Å². The van der Waals surface area contributed by atoms with Crippen LogP contribution in [0.3, 0.4) is 0 Å². The van der Waals surface area contributed by atoms with Crippen LogP contribution in [0.2, 0.25) is 0 Å². The number of Topliss-reactive ketones (excluding diaryl/α,β-unsaturated/α-hetero) is 2. The Morgan fingerprint density at radius 2 is 1.53 bits per heavy atom. The molecule has 0 fully saturated rings. The lowest BCUT2D eigenvalue weighted by Crippen LogP contribution is -2.16. The van der Waals surface area contributed by atoms with Crippen molar-refractivity contribution in [3.63, 3.8) is 0 Å². The normalized spacial score (nSPS) is 17.6. The van der Waals surface area contributed by atoms with Crippen LogP contribution in [0.1, 0.15) is 71.6 Å². The first-order valence-electron chi connectivity index (χ1n) is 10.9. The van der Waals surface area contributed by atoms with E-state index in [9.17, 15) is 19.8 Å². The van der Waals surface area contributed by atoms with Gasteiger partial charge in [-0.3, -0.25) is 9.59 Å². The Morgan fingerprint density at radius 3 is 2.23 bits per heavy atom. The molecular formula is C26H30O4. The van der Waals surface area contributed by atoms with E-state index in [4.69, 9.17) is 0 Å². The fourth-order valence-electron chi connectivity index (χ4n) is 5.70. The highest BCUT2D eigenvalue weighted by atomic mass is 16.3. The number of rotatable bonds is 6. The summed E-state index contributed by atoms with van der Waals surface area (Å²) in [4.78, 5) is 25.7. The molecule has 0 saturated heterocycles. The summed E-state index contributed by atoms with van der Waals surface area (Å²) in [5.74, 6) is 0.264. The number of hydrogen-bond donors (Lipinski definition) is 2. The van der Waals surface area contributed by atoms with Crippen LogP contribution in [0.5, 0.6) is 0 Å². The molecule has 0 heterocycles. The molecule has 0 aliphatic heterocycles. The van der Waals surface area contributed by atoms with E-state index in [0.29, 0.717) is 25.7 Å². The molecule has 2 aliphatic carbocycles. The molecule has 1 unspecified atom stereocenters. The SMILES string of the molecule is Cc1cc2c(c(C)c1CCO)C(=O)C(Cc1cc3c(c(C)c1CCO)C(=O)CC3)C2. The molecule has 0 radical (unpaired) electrons. The maximum Gasteiger partial charge on any atom is 0.167 e. The van der Waals surface area contributed by atoms with Crippen molar-refractivity contribution in [2.75, 3.05) is 13.2 Å². The third-order valence-corrected chi connectivity index (χ3v) is 7.07. The largest absolute Gasteiger partial charge is 0.396 e. The summed E-state index contributed by atoms with van der Waals surface area (Å²) >= 11 is 0. The van der Waals surface area contributed by atoms with Gasteiger partial charge in [0.1, 0.15) is 0 Å². The number of ketones is 2. The second-order valence-corrected chi connectivity index (χ2v) is 8.84. The van der Waals surface area contributed by atoms with Crippen molar-refractivity contribution in [1.29, 1.82) is 0 Å². The topological polar surface area (TPSA) is 74.6 Å². The van der Waals surface area contributed by atoms with Crippen LogP contribution in [0, 0.1) is 26.7 Å². The van der Waals surface area contributed by atoms with Crippen LogP contribution >= 0.6 is 0 Å². The Labute approximate surface area is 177 Å².